The Morgan fingerprint density at radius 2 is 0.720 bits per heavy atom. The Labute approximate surface area is 485 Å². The number of nitrogens with zero attached hydrogens (tertiary/aromatic N) is 2. The van der Waals surface area contributed by atoms with Crippen molar-refractivity contribution < 1.29 is 0 Å². The summed E-state index contributed by atoms with van der Waals surface area (Å²) in [5.41, 5.74) is 22.1. The molecule has 82 heavy (non-hydrogen) atoms. The van der Waals surface area contributed by atoms with Gasteiger partial charge in [-0.15, -0.1) is 0 Å². The first-order valence-electron chi connectivity index (χ1n) is 29.4. The van der Waals surface area contributed by atoms with Crippen molar-refractivity contribution in [3.8, 4) is 50.2 Å². The third kappa shape index (κ3) is 9.33. The maximum atomic E-state index is 2.53. The lowest BCUT2D eigenvalue weighted by Crippen LogP contribution is -2.16. The van der Waals surface area contributed by atoms with Gasteiger partial charge in [0.1, 0.15) is 0 Å². The summed E-state index contributed by atoms with van der Waals surface area (Å²) >= 11 is 0. The van der Waals surface area contributed by atoms with Crippen molar-refractivity contribution in [3.05, 3.63) is 253 Å². The normalized spacial score (nSPS) is 12.6. The fourth-order valence-electron chi connectivity index (χ4n) is 12.5. The second-order valence-corrected chi connectivity index (χ2v) is 27.1. The Balaban J connectivity index is 0.988. The van der Waals surface area contributed by atoms with Crippen molar-refractivity contribution in [2.24, 2.45) is 0 Å². The summed E-state index contributed by atoms with van der Waals surface area (Å²) < 4.78 is 2.47. The van der Waals surface area contributed by atoms with E-state index in [2.05, 4.69) is 323 Å². The zero-order valence-corrected chi connectivity index (χ0v) is 49.8. The summed E-state index contributed by atoms with van der Waals surface area (Å²) in [5.74, 6) is 0. The number of hydrogen-bond donors (Lipinski definition) is 0. The molecule has 13 rings (SSSR count). The highest BCUT2D eigenvalue weighted by Crippen LogP contribution is 2.49. The first-order chi connectivity index (χ1) is 39.2. The molecule has 0 atom stereocenters. The highest BCUT2D eigenvalue weighted by atomic mass is 15.1. The van der Waals surface area contributed by atoms with E-state index in [4.69, 9.17) is 0 Å². The molecule has 13 aromatic rings. The van der Waals surface area contributed by atoms with Gasteiger partial charge in [0.2, 0.25) is 0 Å². The van der Waals surface area contributed by atoms with Crippen LogP contribution in [0.5, 0.6) is 0 Å². The second kappa shape index (κ2) is 19.5. The van der Waals surface area contributed by atoms with Crippen LogP contribution in [0.3, 0.4) is 0 Å². The van der Waals surface area contributed by atoms with Crippen LogP contribution >= 0.6 is 0 Å². The summed E-state index contributed by atoms with van der Waals surface area (Å²) in [7, 11) is 0. The summed E-state index contributed by atoms with van der Waals surface area (Å²) in [6.07, 6.45) is 0. The van der Waals surface area contributed by atoms with Crippen LogP contribution in [0.2, 0.25) is 0 Å². The molecule has 0 amide bonds. The zero-order valence-electron chi connectivity index (χ0n) is 49.8. The van der Waals surface area contributed by atoms with Gasteiger partial charge in [-0.3, -0.25) is 0 Å². The minimum Gasteiger partial charge on any atom is -0.309 e. The first-order valence-corrected chi connectivity index (χ1v) is 29.4. The zero-order chi connectivity index (χ0) is 57.0. The summed E-state index contributed by atoms with van der Waals surface area (Å²) in [4.78, 5) is 2.53. The van der Waals surface area contributed by atoms with Gasteiger partial charge in [0.05, 0.1) is 28.1 Å². The van der Waals surface area contributed by atoms with Crippen LogP contribution in [0.15, 0.2) is 231 Å². The minimum atomic E-state index is -0.0754. The molecule has 0 fully saturated rings. The van der Waals surface area contributed by atoms with Crippen molar-refractivity contribution in [1.82, 2.24) is 4.57 Å². The van der Waals surface area contributed by atoms with Crippen LogP contribution in [0, 0.1) is 0 Å². The molecule has 0 saturated heterocycles. The minimum absolute atomic E-state index is 0.0419. The molecule has 0 aliphatic carbocycles. The maximum Gasteiger partial charge on any atom is 0.0541 e. The van der Waals surface area contributed by atoms with Crippen LogP contribution in [-0.4, -0.2) is 4.57 Å². The van der Waals surface area contributed by atoms with Gasteiger partial charge < -0.3 is 9.47 Å². The van der Waals surface area contributed by atoms with Crippen molar-refractivity contribution in [2.75, 3.05) is 4.90 Å². The van der Waals surface area contributed by atoms with Crippen molar-refractivity contribution in [3.63, 3.8) is 0 Å². The number of para-hydroxylation sites is 2. The average molecular weight is 1060 g/mol. The van der Waals surface area contributed by atoms with E-state index in [0.717, 1.165) is 17.1 Å². The predicted octanol–water partition coefficient (Wildman–Crippen LogP) is 23.0. The summed E-state index contributed by atoms with van der Waals surface area (Å²) in [5, 5.41) is 9.98. The molecule has 2 nitrogen and oxygen atoms in total. The smallest absolute Gasteiger partial charge is 0.0541 e. The molecule has 2 heteroatoms. The molecule has 404 valence electrons. The SMILES string of the molecule is CC(C)(C)c1cccc(-c2ccc(-c3cc(C(C)(C)C)ccc3N(c3ccc(-c4ccc(-c5cc(C(C)(C)C)cc(C(C)(C)C)c5)cc4)cc3)c3ccc4ccc5c(-n6c7ccccc7c7ccccc76)ccc6ccc3c4c65)cc2)c1. The fourth-order valence-corrected chi connectivity index (χ4v) is 12.5. The number of fused-ring (bicyclic) bond motifs is 3. The van der Waals surface area contributed by atoms with Crippen LogP contribution < -0.4 is 4.90 Å². The third-order valence-electron chi connectivity index (χ3n) is 17.4. The van der Waals surface area contributed by atoms with Gasteiger partial charge in [-0.1, -0.05) is 265 Å². The van der Waals surface area contributed by atoms with Gasteiger partial charge in [-0.25, -0.2) is 0 Å². The molecular formula is C80H74N2. The molecule has 0 bridgehead atoms. The van der Waals surface area contributed by atoms with Gasteiger partial charge in [0.15, 0.2) is 0 Å². The predicted molar refractivity (Wildman–Crippen MR) is 356 cm³/mol. The highest BCUT2D eigenvalue weighted by Gasteiger charge is 2.26. The molecule has 0 spiro atoms. The number of rotatable bonds is 8. The largest absolute Gasteiger partial charge is 0.309 e. The van der Waals surface area contributed by atoms with Crippen molar-refractivity contribution in [1.29, 1.82) is 0 Å². The Bertz CT molecular complexity index is 4470. The molecule has 0 unspecified atom stereocenters. The first kappa shape index (κ1) is 52.6. The molecular weight excluding hydrogens is 989 g/mol. The maximum absolute atomic E-state index is 2.53. The van der Waals surface area contributed by atoms with Gasteiger partial charge in [0.25, 0.3) is 0 Å². The Hall–Kier alpha value is -8.72. The Kier molecular flexibility index (Phi) is 12.5. The molecule has 12 aromatic carbocycles. The van der Waals surface area contributed by atoms with E-state index in [0.29, 0.717) is 0 Å². The summed E-state index contributed by atoms with van der Waals surface area (Å²) in [6.45, 7) is 27.7. The third-order valence-corrected chi connectivity index (χ3v) is 17.4. The quantitative estimate of drug-likeness (QED) is 0.138. The molecule has 0 saturated carbocycles. The topological polar surface area (TPSA) is 8.17 Å². The fraction of sp³-hybridized carbons (Fsp3) is 0.200. The molecule has 0 radical (unpaired) electrons. The number of aromatic nitrogens is 1. The van der Waals surface area contributed by atoms with Gasteiger partial charge >= 0.3 is 0 Å². The second-order valence-electron chi connectivity index (χ2n) is 27.1. The van der Waals surface area contributed by atoms with Crippen LogP contribution in [-0.2, 0) is 21.7 Å². The molecule has 0 N–H and O–H groups in total. The number of hydrogen-bond acceptors (Lipinski definition) is 1. The lowest BCUT2D eigenvalue weighted by molar-refractivity contribution is 0.569. The lowest BCUT2D eigenvalue weighted by atomic mass is 9.79. The standard InChI is InChI=1S/C80H74N2/c1-77(2,3)60-19-17-18-58(46-60)53-28-30-55(31-29-53)69-50-61(78(4,5)6)38-45-74(69)81(64-39-32-52(33-40-64)51-24-26-54(27-25-51)59-47-62(79(7,8)9)49-63(48-59)80(10,11)12)72-43-36-56-35-42-68-73(44-37-57-34-41-67(72)75(56)76(57)68)82-70-22-15-13-20-65(70)66-21-14-16-23-71(66)82/h13-50H,1-12H3. The van der Waals surface area contributed by atoms with Crippen molar-refractivity contribution in [2.45, 2.75) is 105 Å². The number of anilines is 3. The van der Waals surface area contributed by atoms with E-state index in [9.17, 15) is 0 Å². The van der Waals surface area contributed by atoms with Gasteiger partial charge in [0, 0.05) is 32.8 Å². The van der Waals surface area contributed by atoms with E-state index in [1.54, 1.807) is 0 Å². The van der Waals surface area contributed by atoms with Gasteiger partial charge in [-0.2, -0.15) is 0 Å². The van der Waals surface area contributed by atoms with Crippen LogP contribution in [0.4, 0.5) is 17.1 Å². The van der Waals surface area contributed by atoms with E-state index >= 15 is 0 Å². The van der Waals surface area contributed by atoms with Gasteiger partial charge in [-0.05, 0) is 153 Å². The molecule has 1 aromatic heterocycles. The van der Waals surface area contributed by atoms with Crippen molar-refractivity contribution >= 4 is 71.2 Å². The Morgan fingerprint density at radius 3 is 1.29 bits per heavy atom. The van der Waals surface area contributed by atoms with E-state index in [1.165, 1.54) is 127 Å². The van der Waals surface area contributed by atoms with Crippen LogP contribution in [0.25, 0.3) is 104 Å². The molecule has 1 heterocycles. The molecule has 0 aliphatic rings. The average Bonchev–Trinajstić information content (AvgIpc) is 3.97. The van der Waals surface area contributed by atoms with Crippen LogP contribution in [0.1, 0.15) is 105 Å². The van der Waals surface area contributed by atoms with E-state index < -0.39 is 0 Å². The summed E-state index contributed by atoms with van der Waals surface area (Å²) in [6, 6.07) is 87.6. The highest BCUT2D eigenvalue weighted by molar-refractivity contribution is 6.27. The van der Waals surface area contributed by atoms with E-state index in [1.807, 2.05) is 0 Å². The number of benzene rings is 12. The van der Waals surface area contributed by atoms with E-state index in [-0.39, 0.29) is 21.7 Å². The molecule has 0 aliphatic heterocycles. The Morgan fingerprint density at radius 1 is 0.280 bits per heavy atom. The lowest BCUT2D eigenvalue weighted by Gasteiger charge is -2.31. The monoisotopic (exact) mass is 1060 g/mol.